The molecule has 43 heavy (non-hydrogen) atoms. The number of rotatable bonds is 7. The molecule has 5 rings (SSSR count). The minimum absolute atomic E-state index is 0.0457. The molecule has 0 amide bonds. The second kappa shape index (κ2) is 12.4. The Labute approximate surface area is 245 Å². The van der Waals surface area contributed by atoms with Crippen LogP contribution in [0.1, 0.15) is 35.4 Å². The van der Waals surface area contributed by atoms with Crippen molar-refractivity contribution in [3.05, 3.63) is 41.5 Å². The van der Waals surface area contributed by atoms with Crippen LogP contribution < -0.4 is 14.2 Å². The highest BCUT2D eigenvalue weighted by Crippen LogP contribution is 2.43. The molecule has 0 aliphatic carbocycles. The van der Waals surface area contributed by atoms with Gasteiger partial charge in [-0.1, -0.05) is 6.07 Å². The van der Waals surface area contributed by atoms with E-state index in [0.717, 1.165) is 6.07 Å². The van der Waals surface area contributed by atoms with Crippen molar-refractivity contribution >= 4 is 5.78 Å². The number of hydrogen-bond acceptors (Lipinski definition) is 15. The van der Waals surface area contributed by atoms with Gasteiger partial charge in [0.05, 0.1) is 26.2 Å². The van der Waals surface area contributed by atoms with Crippen LogP contribution in [0.4, 0.5) is 0 Å². The first-order valence-corrected chi connectivity index (χ1v) is 13.5. The zero-order chi connectivity index (χ0) is 31.2. The van der Waals surface area contributed by atoms with Gasteiger partial charge in [-0.15, -0.1) is 0 Å². The summed E-state index contributed by atoms with van der Waals surface area (Å²) in [6, 6.07) is 6.90. The Kier molecular flexibility index (Phi) is 8.99. The molecular formula is C28H34O15. The van der Waals surface area contributed by atoms with Crippen LogP contribution in [0.2, 0.25) is 0 Å². The van der Waals surface area contributed by atoms with Crippen LogP contribution >= 0.6 is 0 Å². The van der Waals surface area contributed by atoms with Gasteiger partial charge in [0.25, 0.3) is 0 Å². The molecule has 0 aromatic heterocycles. The molecule has 8 N–H and O–H groups in total. The fraction of sp³-hybridized carbons (Fsp3) is 0.536. The number of phenolic OH excluding ortho intramolecular Hbond substituents is 2. The van der Waals surface area contributed by atoms with E-state index in [1.54, 1.807) is 6.07 Å². The number of methoxy groups -OCH3 is 1. The van der Waals surface area contributed by atoms with E-state index in [1.165, 1.54) is 32.2 Å². The van der Waals surface area contributed by atoms with Crippen molar-refractivity contribution in [2.45, 2.75) is 80.9 Å². The quantitative estimate of drug-likeness (QED) is 0.185. The van der Waals surface area contributed by atoms with E-state index in [2.05, 4.69) is 0 Å². The van der Waals surface area contributed by atoms with Crippen molar-refractivity contribution in [2.75, 3.05) is 13.7 Å². The van der Waals surface area contributed by atoms with Crippen molar-refractivity contribution < 1.29 is 74.1 Å². The number of carbonyl (C=O) groups excluding carboxylic acids is 1. The number of aromatic hydroxyl groups is 2. The van der Waals surface area contributed by atoms with Crippen LogP contribution in [0.5, 0.6) is 28.7 Å². The first-order chi connectivity index (χ1) is 20.4. The molecule has 0 bridgehead atoms. The van der Waals surface area contributed by atoms with Gasteiger partial charge in [-0.25, -0.2) is 0 Å². The Balaban J connectivity index is 1.30. The van der Waals surface area contributed by atoms with E-state index in [9.17, 15) is 45.6 Å². The molecule has 236 valence electrons. The topological polar surface area (TPSA) is 234 Å². The van der Waals surface area contributed by atoms with Gasteiger partial charge in [0, 0.05) is 12.1 Å². The first-order valence-electron chi connectivity index (χ1n) is 13.5. The van der Waals surface area contributed by atoms with Crippen molar-refractivity contribution in [2.24, 2.45) is 0 Å². The third-order valence-corrected chi connectivity index (χ3v) is 7.70. The fourth-order valence-electron chi connectivity index (χ4n) is 5.20. The molecule has 2 saturated heterocycles. The summed E-state index contributed by atoms with van der Waals surface area (Å²) < 4.78 is 33.1. The highest BCUT2D eigenvalue weighted by atomic mass is 16.7. The van der Waals surface area contributed by atoms with Gasteiger partial charge in [-0.05, 0) is 24.6 Å². The third-order valence-electron chi connectivity index (χ3n) is 7.70. The molecule has 3 heterocycles. The average molecular weight is 611 g/mol. The maximum atomic E-state index is 12.9. The second-order valence-corrected chi connectivity index (χ2v) is 10.6. The Morgan fingerprint density at radius 1 is 0.837 bits per heavy atom. The molecule has 2 fully saturated rings. The highest BCUT2D eigenvalue weighted by molar-refractivity contribution is 6.02. The van der Waals surface area contributed by atoms with Crippen molar-refractivity contribution in [3.63, 3.8) is 0 Å². The largest absolute Gasteiger partial charge is 0.507 e. The lowest BCUT2D eigenvalue weighted by molar-refractivity contribution is -0.318. The number of fused-ring (bicyclic) bond motifs is 1. The molecule has 2 aromatic rings. The van der Waals surface area contributed by atoms with Gasteiger partial charge in [-0.3, -0.25) is 4.79 Å². The zero-order valence-corrected chi connectivity index (χ0v) is 23.1. The summed E-state index contributed by atoms with van der Waals surface area (Å²) in [5.74, 6) is -0.999. The number of aliphatic hydroxyl groups excluding tert-OH is 6. The Bertz CT molecular complexity index is 1320. The maximum Gasteiger partial charge on any atom is 0.229 e. The number of phenols is 2. The van der Waals surface area contributed by atoms with Gasteiger partial charge in [0.15, 0.2) is 23.6 Å². The second-order valence-electron chi connectivity index (χ2n) is 10.6. The molecular weight excluding hydrogens is 576 g/mol. The summed E-state index contributed by atoms with van der Waals surface area (Å²) >= 11 is 0. The number of aliphatic hydroxyl groups is 6. The van der Waals surface area contributed by atoms with Crippen molar-refractivity contribution in [1.29, 1.82) is 0 Å². The van der Waals surface area contributed by atoms with E-state index < -0.39 is 85.7 Å². The molecule has 0 saturated carbocycles. The summed E-state index contributed by atoms with van der Waals surface area (Å²) in [5, 5.41) is 82.2. The Morgan fingerprint density at radius 3 is 2.23 bits per heavy atom. The van der Waals surface area contributed by atoms with Gasteiger partial charge < -0.3 is 69.3 Å². The van der Waals surface area contributed by atoms with Crippen LogP contribution in [-0.2, 0) is 14.2 Å². The molecule has 0 unspecified atom stereocenters. The van der Waals surface area contributed by atoms with Gasteiger partial charge in [0.2, 0.25) is 6.29 Å². The summed E-state index contributed by atoms with van der Waals surface area (Å²) in [6.45, 7) is 0.964. The smallest absolute Gasteiger partial charge is 0.229 e. The molecule has 11 atom stereocenters. The predicted molar refractivity (Wildman–Crippen MR) is 141 cm³/mol. The molecule has 0 radical (unpaired) electrons. The minimum atomic E-state index is -1.77. The number of ether oxygens (including phenoxy) is 6. The van der Waals surface area contributed by atoms with E-state index in [-0.39, 0.29) is 35.0 Å². The van der Waals surface area contributed by atoms with Crippen LogP contribution in [0.25, 0.3) is 0 Å². The average Bonchev–Trinajstić information content (AvgIpc) is 2.97. The van der Waals surface area contributed by atoms with Gasteiger partial charge >= 0.3 is 0 Å². The lowest BCUT2D eigenvalue weighted by atomic mass is 9.95. The van der Waals surface area contributed by atoms with E-state index in [0.29, 0.717) is 5.56 Å². The Morgan fingerprint density at radius 2 is 1.53 bits per heavy atom. The number of hydrogen-bond donors (Lipinski definition) is 8. The van der Waals surface area contributed by atoms with Gasteiger partial charge in [-0.2, -0.15) is 0 Å². The third kappa shape index (κ3) is 6.08. The van der Waals surface area contributed by atoms with Gasteiger partial charge in [0.1, 0.15) is 71.6 Å². The van der Waals surface area contributed by atoms with E-state index >= 15 is 0 Å². The lowest BCUT2D eigenvalue weighted by Gasteiger charge is -2.42. The fourth-order valence-corrected chi connectivity index (χ4v) is 5.20. The Hall–Kier alpha value is -3.25. The van der Waals surface area contributed by atoms with Crippen molar-refractivity contribution in [3.8, 4) is 28.7 Å². The summed E-state index contributed by atoms with van der Waals surface area (Å²) in [6.07, 6.45) is -15.9. The van der Waals surface area contributed by atoms with Crippen LogP contribution in [-0.4, -0.2) is 122 Å². The molecule has 0 spiro atoms. The predicted octanol–water partition coefficient (Wildman–Crippen LogP) is -1.16. The molecule has 15 nitrogen and oxygen atoms in total. The number of Topliss-reactive ketones (excluding diaryl/α,β-unsaturated/α-hetero) is 1. The minimum Gasteiger partial charge on any atom is -0.507 e. The first kappa shape index (κ1) is 31.2. The number of carbonyl (C=O) groups is 1. The number of benzene rings is 2. The molecule has 2 aromatic carbocycles. The summed E-state index contributed by atoms with van der Waals surface area (Å²) in [5.41, 5.74) is 0.373. The van der Waals surface area contributed by atoms with Crippen molar-refractivity contribution in [1.82, 2.24) is 0 Å². The van der Waals surface area contributed by atoms with E-state index in [1.807, 2.05) is 0 Å². The maximum absolute atomic E-state index is 12.9. The zero-order valence-electron chi connectivity index (χ0n) is 23.1. The number of ketones is 1. The SMILES string of the molecule is COc1ccc([C@@H]2CC(=O)c3c(O)cc(O[C@@H]4O[C@H](CO[C@@H]5O[C@H](C)[C@@H](O)[C@H](O)[C@@H]5O)[C@@H](O)[C@H](O)[C@H]4O)cc3O2)cc1O. The lowest BCUT2D eigenvalue weighted by Crippen LogP contribution is -2.61. The van der Waals surface area contributed by atoms with Crippen LogP contribution in [0.15, 0.2) is 30.3 Å². The standard InChI is InChI=1S/C28H34O15/c1-10-21(32)23(34)25(36)27(40-10)39-9-19-22(33)24(35)26(37)28(43-19)41-12-6-14(30)20-15(31)8-17(42-18(20)7-12)11-3-4-16(38-2)13(29)5-11/h3-7,10,17,19,21-30,32-37H,8-9H2,1-2H3/t10-,17+,19-,21-,22-,23+,24+,25+,26-,27-,28-/m1/s1. The molecule has 3 aliphatic rings. The highest BCUT2D eigenvalue weighted by Gasteiger charge is 2.47. The summed E-state index contributed by atoms with van der Waals surface area (Å²) in [7, 11) is 1.39. The van der Waals surface area contributed by atoms with E-state index in [4.69, 9.17) is 28.4 Å². The normalized spacial score (nSPS) is 36.0. The van der Waals surface area contributed by atoms with Crippen LogP contribution in [0.3, 0.4) is 0 Å². The molecule has 15 heteroatoms. The van der Waals surface area contributed by atoms with Crippen LogP contribution in [0, 0.1) is 0 Å². The summed E-state index contributed by atoms with van der Waals surface area (Å²) in [4.78, 5) is 12.9. The molecule has 3 aliphatic heterocycles. The monoisotopic (exact) mass is 610 g/mol.